The lowest BCUT2D eigenvalue weighted by molar-refractivity contribution is -0.123. The summed E-state index contributed by atoms with van der Waals surface area (Å²) in [6, 6.07) is 7.13. The van der Waals surface area contributed by atoms with Crippen LogP contribution in [0.4, 0.5) is 8.78 Å². The normalized spacial score (nSPS) is 17.0. The third kappa shape index (κ3) is 3.99. The Morgan fingerprint density at radius 3 is 2.47 bits per heavy atom. The van der Waals surface area contributed by atoms with Gasteiger partial charge < -0.3 is 10.2 Å². The summed E-state index contributed by atoms with van der Waals surface area (Å²) in [5.41, 5.74) is 0.440. The summed E-state index contributed by atoms with van der Waals surface area (Å²) in [7, 11) is 0. The lowest BCUT2D eigenvalue weighted by Gasteiger charge is -2.30. The van der Waals surface area contributed by atoms with Crippen LogP contribution in [0, 0.1) is 0 Å². The van der Waals surface area contributed by atoms with Gasteiger partial charge in [-0.25, -0.2) is 8.78 Å². The van der Waals surface area contributed by atoms with E-state index in [4.69, 9.17) is 0 Å². The topological polar surface area (TPSA) is 32.3 Å². The minimum atomic E-state index is -2.60. The van der Waals surface area contributed by atoms with Gasteiger partial charge in [0.1, 0.15) is 6.04 Å². The molecular formula is C14H18F2N2O. The van der Waals surface area contributed by atoms with E-state index in [1.807, 2.05) is 0 Å². The quantitative estimate of drug-likeness (QED) is 0.858. The van der Waals surface area contributed by atoms with Crippen LogP contribution in [0.1, 0.15) is 24.4 Å². The first-order chi connectivity index (χ1) is 9.16. The molecule has 1 saturated heterocycles. The van der Waals surface area contributed by atoms with Crippen molar-refractivity contribution in [2.24, 2.45) is 0 Å². The minimum absolute atomic E-state index is 0.274. The highest BCUT2D eigenvalue weighted by molar-refractivity contribution is 5.76. The second-order valence-corrected chi connectivity index (χ2v) is 4.74. The lowest BCUT2D eigenvalue weighted by atomic mass is 10.1. The Kier molecular flexibility index (Phi) is 4.85. The maximum absolute atomic E-state index is 13.0. The molecule has 104 valence electrons. The molecule has 1 aromatic carbocycles. The Bertz CT molecular complexity index is 407. The fourth-order valence-corrected chi connectivity index (χ4v) is 2.06. The van der Waals surface area contributed by atoms with E-state index < -0.39 is 12.5 Å². The molecule has 0 radical (unpaired) electrons. The number of alkyl halides is 2. The molecule has 1 aliphatic heterocycles. The molecule has 1 fully saturated rings. The van der Waals surface area contributed by atoms with E-state index >= 15 is 0 Å². The van der Waals surface area contributed by atoms with Gasteiger partial charge >= 0.3 is 0 Å². The van der Waals surface area contributed by atoms with Crippen molar-refractivity contribution in [1.29, 1.82) is 0 Å². The van der Waals surface area contributed by atoms with Crippen LogP contribution in [0.5, 0.6) is 0 Å². The Hall–Kier alpha value is -1.49. The van der Waals surface area contributed by atoms with Crippen LogP contribution >= 0.6 is 0 Å². The Labute approximate surface area is 111 Å². The molecule has 3 nitrogen and oxygen atoms in total. The highest BCUT2D eigenvalue weighted by Gasteiger charge is 2.24. The molecule has 1 amide bonds. The van der Waals surface area contributed by atoms with Crippen LogP contribution in [0.15, 0.2) is 30.3 Å². The third-order valence-electron chi connectivity index (χ3n) is 3.33. The van der Waals surface area contributed by atoms with Crippen LogP contribution in [0.2, 0.25) is 0 Å². The maximum Gasteiger partial charge on any atom is 0.262 e. The van der Waals surface area contributed by atoms with Crippen LogP contribution < -0.4 is 5.32 Å². The molecule has 0 saturated carbocycles. The fourth-order valence-electron chi connectivity index (χ4n) is 2.06. The Morgan fingerprint density at radius 2 is 1.95 bits per heavy atom. The molecule has 1 atom stereocenters. The minimum Gasteiger partial charge on any atom is -0.344 e. The van der Waals surface area contributed by atoms with Gasteiger partial charge in [-0.3, -0.25) is 4.79 Å². The van der Waals surface area contributed by atoms with Gasteiger partial charge in [-0.05, 0) is 25.1 Å². The van der Waals surface area contributed by atoms with Crippen molar-refractivity contribution in [3.63, 3.8) is 0 Å². The van der Waals surface area contributed by atoms with Crippen molar-refractivity contribution in [3.05, 3.63) is 35.9 Å². The van der Waals surface area contributed by atoms with Crippen molar-refractivity contribution in [3.8, 4) is 0 Å². The summed E-state index contributed by atoms with van der Waals surface area (Å²) >= 11 is 0. The molecule has 0 aromatic heterocycles. The van der Waals surface area contributed by atoms with E-state index in [0.29, 0.717) is 12.1 Å². The van der Waals surface area contributed by atoms with Crippen molar-refractivity contribution in [2.75, 3.05) is 19.6 Å². The first-order valence-corrected chi connectivity index (χ1v) is 6.51. The monoisotopic (exact) mass is 268 g/mol. The average molecular weight is 268 g/mol. The maximum atomic E-state index is 13.0. The van der Waals surface area contributed by atoms with Gasteiger partial charge in [0, 0.05) is 13.0 Å². The number of carbonyl (C=O) groups excluding carboxylic acids is 1. The molecule has 1 unspecified atom stereocenters. The number of nitrogens with one attached hydrogen (secondary N) is 1. The summed E-state index contributed by atoms with van der Waals surface area (Å²) in [5.74, 6) is -0.318. The SMILES string of the molecule is O=C(CCN1CCC1)NC(c1ccccc1)C(F)F. The van der Waals surface area contributed by atoms with Gasteiger partial charge in [-0.2, -0.15) is 0 Å². The van der Waals surface area contributed by atoms with E-state index in [-0.39, 0.29) is 12.3 Å². The number of rotatable bonds is 6. The Balaban J connectivity index is 1.87. The lowest BCUT2D eigenvalue weighted by Crippen LogP contribution is -2.40. The van der Waals surface area contributed by atoms with E-state index in [1.165, 1.54) is 0 Å². The summed E-state index contributed by atoms with van der Waals surface area (Å²) < 4.78 is 26.0. The van der Waals surface area contributed by atoms with Gasteiger partial charge in [0.15, 0.2) is 0 Å². The summed E-state index contributed by atoms with van der Waals surface area (Å²) in [6.45, 7) is 2.66. The van der Waals surface area contributed by atoms with E-state index in [2.05, 4.69) is 10.2 Å². The number of hydrogen-bond acceptors (Lipinski definition) is 2. The second-order valence-electron chi connectivity index (χ2n) is 4.74. The predicted molar refractivity (Wildman–Crippen MR) is 69.0 cm³/mol. The number of nitrogens with zero attached hydrogens (tertiary/aromatic N) is 1. The van der Waals surface area contributed by atoms with Crippen LogP contribution in [0.25, 0.3) is 0 Å². The van der Waals surface area contributed by atoms with Crippen LogP contribution in [0.3, 0.4) is 0 Å². The van der Waals surface area contributed by atoms with Crippen molar-refractivity contribution >= 4 is 5.91 Å². The van der Waals surface area contributed by atoms with E-state index in [0.717, 1.165) is 19.5 Å². The zero-order valence-electron chi connectivity index (χ0n) is 10.7. The van der Waals surface area contributed by atoms with E-state index in [9.17, 15) is 13.6 Å². The average Bonchev–Trinajstić information content (AvgIpc) is 2.35. The molecule has 19 heavy (non-hydrogen) atoms. The predicted octanol–water partition coefficient (Wildman–Crippen LogP) is 2.20. The molecule has 1 aromatic rings. The largest absolute Gasteiger partial charge is 0.344 e. The molecule has 0 aliphatic carbocycles. The van der Waals surface area contributed by atoms with Crippen molar-refractivity contribution in [1.82, 2.24) is 10.2 Å². The van der Waals surface area contributed by atoms with Gasteiger partial charge in [0.05, 0.1) is 0 Å². The summed E-state index contributed by atoms with van der Waals surface area (Å²) in [4.78, 5) is 13.8. The number of halogens is 2. The molecular weight excluding hydrogens is 250 g/mol. The molecule has 0 spiro atoms. The highest BCUT2D eigenvalue weighted by atomic mass is 19.3. The number of hydrogen-bond donors (Lipinski definition) is 1. The molecule has 0 bridgehead atoms. The van der Waals surface area contributed by atoms with Crippen molar-refractivity contribution in [2.45, 2.75) is 25.3 Å². The molecule has 1 heterocycles. The molecule has 1 N–H and O–H groups in total. The first-order valence-electron chi connectivity index (χ1n) is 6.51. The fraction of sp³-hybridized carbons (Fsp3) is 0.500. The zero-order chi connectivity index (χ0) is 13.7. The third-order valence-corrected chi connectivity index (χ3v) is 3.33. The van der Waals surface area contributed by atoms with Gasteiger partial charge in [0.2, 0.25) is 5.91 Å². The number of benzene rings is 1. The highest BCUT2D eigenvalue weighted by Crippen LogP contribution is 2.20. The standard InChI is InChI=1S/C14H18F2N2O/c15-14(16)13(11-5-2-1-3-6-11)17-12(19)7-10-18-8-4-9-18/h1-3,5-6,13-14H,4,7-10H2,(H,17,19). The van der Waals surface area contributed by atoms with Gasteiger partial charge in [-0.1, -0.05) is 30.3 Å². The molecule has 2 rings (SSSR count). The van der Waals surface area contributed by atoms with Crippen LogP contribution in [-0.4, -0.2) is 36.9 Å². The summed E-state index contributed by atoms with van der Waals surface area (Å²) in [5, 5.41) is 2.42. The zero-order valence-corrected chi connectivity index (χ0v) is 10.7. The summed E-state index contributed by atoms with van der Waals surface area (Å²) in [6.07, 6.45) is -1.17. The molecule has 1 aliphatic rings. The number of likely N-dealkylation sites (tertiary alicyclic amines) is 1. The first kappa shape index (κ1) is 13.9. The number of carbonyl (C=O) groups is 1. The van der Waals surface area contributed by atoms with Crippen LogP contribution in [-0.2, 0) is 4.79 Å². The Morgan fingerprint density at radius 1 is 1.26 bits per heavy atom. The second kappa shape index (κ2) is 6.61. The van der Waals surface area contributed by atoms with Gasteiger partial charge in [-0.15, -0.1) is 0 Å². The number of amides is 1. The van der Waals surface area contributed by atoms with Gasteiger partial charge in [0.25, 0.3) is 6.43 Å². The van der Waals surface area contributed by atoms with Crippen molar-refractivity contribution < 1.29 is 13.6 Å². The smallest absolute Gasteiger partial charge is 0.262 e. The molecule has 5 heteroatoms. The van der Waals surface area contributed by atoms with E-state index in [1.54, 1.807) is 30.3 Å².